The summed E-state index contributed by atoms with van der Waals surface area (Å²) in [6.45, 7) is 9.43. The summed E-state index contributed by atoms with van der Waals surface area (Å²) < 4.78 is 19.0. The molecular weight excluding hydrogens is 485 g/mol. The summed E-state index contributed by atoms with van der Waals surface area (Å²) in [4.78, 5) is 7.10. The third kappa shape index (κ3) is 8.03. The van der Waals surface area contributed by atoms with Crippen LogP contribution in [0.2, 0.25) is 0 Å². The standard InChI is InChI=1S/C20H35N5O3.HI/c1-3-21-20(22-7-4-9-27-16-17-5-10-26-11-6-17)25-8-12-28-19(15-25)18-13-23-24(2)14-18;/h13-14,17,19H,3-12,15-16H2,1-2H3,(H,21,22);1H. The summed E-state index contributed by atoms with van der Waals surface area (Å²) in [5.41, 5.74) is 1.12. The van der Waals surface area contributed by atoms with Crippen LogP contribution in [-0.4, -0.2) is 79.9 Å². The lowest BCUT2D eigenvalue weighted by Crippen LogP contribution is -2.48. The number of hydrogen-bond acceptors (Lipinski definition) is 5. The second-order valence-electron chi connectivity index (χ2n) is 7.47. The molecule has 1 unspecified atom stereocenters. The maximum Gasteiger partial charge on any atom is 0.194 e. The molecule has 2 fully saturated rings. The monoisotopic (exact) mass is 521 g/mol. The minimum atomic E-state index is 0. The van der Waals surface area contributed by atoms with Crippen molar-refractivity contribution < 1.29 is 14.2 Å². The summed E-state index contributed by atoms with van der Waals surface area (Å²) in [5, 5.41) is 7.68. The lowest BCUT2D eigenvalue weighted by atomic mass is 10.0. The van der Waals surface area contributed by atoms with Crippen LogP contribution in [0.15, 0.2) is 17.4 Å². The summed E-state index contributed by atoms with van der Waals surface area (Å²) in [6, 6.07) is 0. The van der Waals surface area contributed by atoms with Crippen molar-refractivity contribution in [3.8, 4) is 0 Å². The Bertz CT molecular complexity index is 607. The Balaban J connectivity index is 0.00000300. The molecule has 0 spiro atoms. The Morgan fingerprint density at radius 3 is 2.90 bits per heavy atom. The second kappa shape index (κ2) is 13.4. The van der Waals surface area contributed by atoms with Crippen LogP contribution in [0.5, 0.6) is 0 Å². The van der Waals surface area contributed by atoms with Crippen molar-refractivity contribution in [2.45, 2.75) is 32.3 Å². The molecule has 9 heteroatoms. The number of rotatable bonds is 8. The van der Waals surface area contributed by atoms with Crippen LogP contribution in [0.3, 0.4) is 0 Å². The van der Waals surface area contributed by atoms with E-state index in [1.165, 1.54) is 0 Å². The molecule has 29 heavy (non-hydrogen) atoms. The van der Waals surface area contributed by atoms with E-state index in [0.717, 1.165) is 83.4 Å². The van der Waals surface area contributed by atoms with Gasteiger partial charge in [0.05, 0.1) is 19.3 Å². The molecule has 1 N–H and O–H groups in total. The number of guanidine groups is 1. The van der Waals surface area contributed by atoms with E-state index in [2.05, 4.69) is 22.2 Å². The van der Waals surface area contributed by atoms with Crippen LogP contribution >= 0.6 is 24.0 Å². The quantitative estimate of drug-likeness (QED) is 0.245. The van der Waals surface area contributed by atoms with Crippen molar-refractivity contribution in [3.63, 3.8) is 0 Å². The maximum atomic E-state index is 5.94. The molecule has 1 aromatic rings. The minimum absolute atomic E-state index is 0. The van der Waals surface area contributed by atoms with Gasteiger partial charge >= 0.3 is 0 Å². The van der Waals surface area contributed by atoms with Crippen molar-refractivity contribution in [2.75, 3.05) is 59.2 Å². The SMILES string of the molecule is CCNC(=NCCCOCC1CCOCC1)N1CCOC(c2cnn(C)c2)C1.I. The number of aliphatic imine (C=N–C) groups is 1. The lowest BCUT2D eigenvalue weighted by Gasteiger charge is -2.34. The highest BCUT2D eigenvalue weighted by molar-refractivity contribution is 14.0. The molecule has 0 radical (unpaired) electrons. The van der Waals surface area contributed by atoms with Crippen molar-refractivity contribution in [1.29, 1.82) is 0 Å². The molecule has 0 amide bonds. The van der Waals surface area contributed by atoms with Gasteiger partial charge in [0.2, 0.25) is 0 Å². The molecule has 0 aliphatic carbocycles. The van der Waals surface area contributed by atoms with Gasteiger partial charge in [0.25, 0.3) is 0 Å². The Morgan fingerprint density at radius 2 is 2.17 bits per heavy atom. The van der Waals surface area contributed by atoms with Crippen molar-refractivity contribution in [2.24, 2.45) is 18.0 Å². The van der Waals surface area contributed by atoms with Gasteiger partial charge in [-0.1, -0.05) is 0 Å². The number of hydrogen-bond donors (Lipinski definition) is 1. The van der Waals surface area contributed by atoms with E-state index < -0.39 is 0 Å². The zero-order chi connectivity index (χ0) is 19.6. The molecule has 8 nitrogen and oxygen atoms in total. The average Bonchev–Trinajstić information content (AvgIpc) is 3.17. The molecule has 3 heterocycles. The first kappa shape index (κ1) is 24.4. The van der Waals surface area contributed by atoms with Gasteiger partial charge in [0.1, 0.15) is 6.10 Å². The van der Waals surface area contributed by atoms with Crippen molar-refractivity contribution in [3.05, 3.63) is 18.0 Å². The van der Waals surface area contributed by atoms with Crippen LogP contribution < -0.4 is 5.32 Å². The first-order chi connectivity index (χ1) is 13.8. The highest BCUT2D eigenvalue weighted by Gasteiger charge is 2.25. The van der Waals surface area contributed by atoms with Gasteiger partial charge < -0.3 is 24.4 Å². The first-order valence-corrected chi connectivity index (χ1v) is 10.5. The normalized spacial score (nSPS) is 21.1. The Morgan fingerprint density at radius 1 is 1.34 bits per heavy atom. The number of aryl methyl sites for hydroxylation is 1. The van der Waals surface area contributed by atoms with Crippen LogP contribution in [-0.2, 0) is 21.3 Å². The minimum Gasteiger partial charge on any atom is -0.381 e. The number of morpholine rings is 1. The van der Waals surface area contributed by atoms with E-state index >= 15 is 0 Å². The van der Waals surface area contributed by atoms with Gasteiger partial charge in [-0.2, -0.15) is 5.10 Å². The third-order valence-electron chi connectivity index (χ3n) is 5.20. The van der Waals surface area contributed by atoms with E-state index in [1.807, 2.05) is 24.1 Å². The van der Waals surface area contributed by atoms with Gasteiger partial charge in [0.15, 0.2) is 5.96 Å². The van der Waals surface area contributed by atoms with Crippen LogP contribution in [0.1, 0.15) is 37.9 Å². The van der Waals surface area contributed by atoms with Gasteiger partial charge in [-0.05, 0) is 32.1 Å². The van der Waals surface area contributed by atoms with Gasteiger partial charge in [-0.3, -0.25) is 9.67 Å². The van der Waals surface area contributed by atoms with Crippen LogP contribution in [0, 0.1) is 5.92 Å². The van der Waals surface area contributed by atoms with E-state index in [0.29, 0.717) is 12.5 Å². The van der Waals surface area contributed by atoms with Crippen molar-refractivity contribution >= 4 is 29.9 Å². The predicted molar refractivity (Wildman–Crippen MR) is 124 cm³/mol. The molecule has 1 aromatic heterocycles. The van der Waals surface area contributed by atoms with Gasteiger partial charge in [-0.15, -0.1) is 24.0 Å². The molecular formula is C20H36IN5O3. The molecule has 2 aliphatic heterocycles. The summed E-state index contributed by atoms with van der Waals surface area (Å²) >= 11 is 0. The second-order valence-corrected chi connectivity index (χ2v) is 7.47. The summed E-state index contributed by atoms with van der Waals surface area (Å²) in [6.07, 6.45) is 7.13. The number of ether oxygens (including phenoxy) is 3. The molecule has 3 rings (SSSR count). The maximum absolute atomic E-state index is 5.94. The number of aromatic nitrogens is 2. The van der Waals surface area contributed by atoms with Crippen molar-refractivity contribution in [1.82, 2.24) is 20.0 Å². The zero-order valence-electron chi connectivity index (χ0n) is 17.7. The van der Waals surface area contributed by atoms with Gasteiger partial charge in [0, 0.05) is 64.9 Å². The smallest absolute Gasteiger partial charge is 0.194 e. The van der Waals surface area contributed by atoms with Crippen LogP contribution in [0.25, 0.3) is 0 Å². The van der Waals surface area contributed by atoms with E-state index in [9.17, 15) is 0 Å². The molecule has 2 aliphatic rings. The predicted octanol–water partition coefficient (Wildman–Crippen LogP) is 2.21. The summed E-state index contributed by atoms with van der Waals surface area (Å²) in [5.74, 6) is 1.62. The Hall–Kier alpha value is -0.910. The Kier molecular flexibility index (Phi) is 11.3. The zero-order valence-corrected chi connectivity index (χ0v) is 20.0. The highest BCUT2D eigenvalue weighted by atomic mass is 127. The van der Waals surface area contributed by atoms with E-state index in [4.69, 9.17) is 19.2 Å². The number of nitrogens with one attached hydrogen (secondary N) is 1. The topological polar surface area (TPSA) is 73.1 Å². The summed E-state index contributed by atoms with van der Waals surface area (Å²) in [7, 11) is 1.93. The fourth-order valence-corrected chi connectivity index (χ4v) is 3.59. The Labute approximate surface area is 191 Å². The van der Waals surface area contributed by atoms with E-state index in [-0.39, 0.29) is 30.1 Å². The fourth-order valence-electron chi connectivity index (χ4n) is 3.59. The lowest BCUT2D eigenvalue weighted by molar-refractivity contribution is -0.00807. The number of halogens is 1. The first-order valence-electron chi connectivity index (χ1n) is 10.5. The fraction of sp³-hybridized carbons (Fsp3) is 0.800. The number of nitrogens with zero attached hydrogens (tertiary/aromatic N) is 4. The molecule has 2 saturated heterocycles. The molecule has 166 valence electrons. The molecule has 0 saturated carbocycles. The largest absolute Gasteiger partial charge is 0.381 e. The van der Waals surface area contributed by atoms with Gasteiger partial charge in [-0.25, -0.2) is 0 Å². The highest BCUT2D eigenvalue weighted by Crippen LogP contribution is 2.21. The third-order valence-corrected chi connectivity index (χ3v) is 5.20. The van der Waals surface area contributed by atoms with E-state index in [1.54, 1.807) is 0 Å². The van der Waals surface area contributed by atoms with Crippen LogP contribution in [0.4, 0.5) is 0 Å². The average molecular weight is 521 g/mol. The molecule has 1 atom stereocenters. The molecule has 0 bridgehead atoms. The molecule has 0 aromatic carbocycles.